The van der Waals surface area contributed by atoms with Crippen molar-refractivity contribution in [3.8, 4) is 28.2 Å². The van der Waals surface area contributed by atoms with Gasteiger partial charge in [0.25, 0.3) is 5.91 Å². The van der Waals surface area contributed by atoms with Crippen LogP contribution in [0, 0.1) is 64.9 Å². The molecule has 3 saturated carbocycles. The molecule has 8 N–H and O–H groups in total. The van der Waals surface area contributed by atoms with Crippen molar-refractivity contribution >= 4 is 46.5 Å². The van der Waals surface area contributed by atoms with Gasteiger partial charge in [-0.15, -0.1) is 0 Å². The molecule has 6 aliphatic rings. The number of carbonyl (C=O) groups excluding carboxylic acids is 4. The standard InChI is InChI=1S/C64H83F2N5O11/c1-35(2)9-7-10-36(3)45-15-16-46-42-14-12-39-30-40(21-24-63(39,5)47(42)22-25-64(45,46)6)67-26-8-27-68-56(74)23-28-69-61(80)50(17-19-57(75)76)71-62(81)51(18-20-58(77)78)70-60(79)38-11-13-41(37(4)29-38)59-43-31-48(65)52(72)33-54(43)82-55-34-53(73)49(66)32-44(55)59/h11-13,29,31-36,40,42,45-47,50-51,67,72H,7-10,14-28,30H2,1-6H3,(H,68,74)(H,69,80)(H,70,79)(H,71,81)(H,75,76)(H,77,78)/t36-,40+,42?,45-,46?,47?,50+,51+,63+,64-/m1/s1. The maximum atomic E-state index is 14.8. The minimum Gasteiger partial charge on any atom is -0.505 e. The minimum atomic E-state index is -1.52. The molecule has 0 radical (unpaired) electrons. The van der Waals surface area contributed by atoms with Crippen molar-refractivity contribution in [2.45, 2.75) is 169 Å². The number of aryl methyl sites for hydroxylation is 1. The summed E-state index contributed by atoms with van der Waals surface area (Å²) in [6.07, 6.45) is 15.5. The van der Waals surface area contributed by atoms with Gasteiger partial charge in [0.1, 0.15) is 23.4 Å². The number of amides is 4. The predicted octanol–water partition coefficient (Wildman–Crippen LogP) is 10.2. The summed E-state index contributed by atoms with van der Waals surface area (Å²) in [4.78, 5) is 89.5. The van der Waals surface area contributed by atoms with E-state index in [9.17, 15) is 57.7 Å². The zero-order valence-corrected chi connectivity index (χ0v) is 48.3. The number of hydrogen-bond donors (Lipinski definition) is 8. The number of aliphatic carboxylic acids is 2. The maximum Gasteiger partial charge on any atom is 0.303 e. The summed E-state index contributed by atoms with van der Waals surface area (Å²) in [6.45, 7) is 15.1. The molecular formula is C64H83F2N5O11. The van der Waals surface area contributed by atoms with E-state index >= 15 is 0 Å². The fourth-order valence-electron chi connectivity index (χ4n) is 14.9. The van der Waals surface area contributed by atoms with Gasteiger partial charge in [0.15, 0.2) is 17.4 Å². The van der Waals surface area contributed by atoms with E-state index < -0.39 is 83.8 Å². The van der Waals surface area contributed by atoms with E-state index in [0.717, 1.165) is 79.2 Å². The third-order valence-corrected chi connectivity index (χ3v) is 19.2. The van der Waals surface area contributed by atoms with E-state index in [1.54, 1.807) is 12.5 Å². The molecule has 3 fully saturated rings. The average molecular weight is 1140 g/mol. The molecule has 3 unspecified atom stereocenters. The highest BCUT2D eigenvalue weighted by Gasteiger charge is 2.59. The second kappa shape index (κ2) is 26.3. The maximum absolute atomic E-state index is 14.8. The highest BCUT2D eigenvalue weighted by Crippen LogP contribution is 2.67. The Morgan fingerprint density at radius 2 is 1.48 bits per heavy atom. The van der Waals surface area contributed by atoms with Crippen LogP contribution in [-0.2, 0) is 24.0 Å². The lowest BCUT2D eigenvalue weighted by Crippen LogP contribution is -2.54. The molecule has 18 heteroatoms. The van der Waals surface area contributed by atoms with Gasteiger partial charge in [0, 0.05) is 72.6 Å². The number of carboxylic acids is 2. The number of fused-ring (bicyclic) bond motifs is 7. The first-order chi connectivity index (χ1) is 39.0. The number of phenols is 1. The topological polar surface area (TPSA) is 253 Å². The molecule has 4 amide bonds. The lowest BCUT2D eigenvalue weighted by Gasteiger charge is -2.58. The van der Waals surface area contributed by atoms with Crippen LogP contribution in [0.4, 0.5) is 8.78 Å². The number of carboxylic acid groups (broad SMARTS) is 2. The summed E-state index contributed by atoms with van der Waals surface area (Å²) in [7, 11) is 0. The summed E-state index contributed by atoms with van der Waals surface area (Å²) >= 11 is 0. The van der Waals surface area contributed by atoms with Crippen LogP contribution < -0.4 is 32.0 Å². The van der Waals surface area contributed by atoms with Gasteiger partial charge in [-0.05, 0) is 166 Å². The number of halogens is 2. The number of benzene rings is 3. The highest BCUT2D eigenvalue weighted by molar-refractivity contribution is 6.04. The fourth-order valence-corrected chi connectivity index (χ4v) is 14.9. The first-order valence-electron chi connectivity index (χ1n) is 29.7. The van der Waals surface area contributed by atoms with E-state index in [4.69, 9.17) is 4.42 Å². The molecule has 82 heavy (non-hydrogen) atoms. The van der Waals surface area contributed by atoms with Gasteiger partial charge in [-0.2, -0.15) is 0 Å². The van der Waals surface area contributed by atoms with Gasteiger partial charge in [-0.3, -0.25) is 33.6 Å². The summed E-state index contributed by atoms with van der Waals surface area (Å²) in [5.74, 6) is -3.51. The first kappa shape index (κ1) is 61.4. The van der Waals surface area contributed by atoms with Crippen molar-refractivity contribution in [2.24, 2.45) is 46.3 Å². The molecule has 16 nitrogen and oxygen atoms in total. The first-order valence-corrected chi connectivity index (χ1v) is 29.7. The second-order valence-corrected chi connectivity index (χ2v) is 25.0. The largest absolute Gasteiger partial charge is 0.505 e. The van der Waals surface area contributed by atoms with Crippen LogP contribution in [0.3, 0.4) is 0 Å². The Morgan fingerprint density at radius 1 is 0.744 bits per heavy atom. The number of rotatable bonds is 25. The Balaban J connectivity index is 0.804. The number of allylic oxidation sites excluding steroid dienone is 1. The molecule has 2 aromatic rings. The number of phenolic OH excluding ortho intramolecular Hbond substituents is 1. The predicted molar refractivity (Wildman–Crippen MR) is 308 cm³/mol. The van der Waals surface area contributed by atoms with Gasteiger partial charge in [0.05, 0.1) is 0 Å². The third kappa shape index (κ3) is 13.9. The molecule has 5 aliphatic carbocycles. The molecule has 0 aromatic heterocycles. The normalized spacial score (nSPS) is 24.1. The molecule has 0 bridgehead atoms. The highest BCUT2D eigenvalue weighted by atomic mass is 19.1. The molecule has 8 rings (SSSR count). The zero-order chi connectivity index (χ0) is 59.2. The molecule has 10 atom stereocenters. The number of hydrogen-bond acceptors (Lipinski definition) is 10. The quantitative estimate of drug-likeness (QED) is 0.0175. The monoisotopic (exact) mass is 1140 g/mol. The van der Waals surface area contributed by atoms with Crippen molar-refractivity contribution in [1.82, 2.24) is 26.6 Å². The summed E-state index contributed by atoms with van der Waals surface area (Å²) in [5, 5.41) is 43.4. The fraction of sp³-hybridized carbons (Fsp3) is 0.578. The van der Waals surface area contributed by atoms with Crippen LogP contribution in [-0.4, -0.2) is 88.6 Å². The molecule has 0 saturated heterocycles. The average Bonchev–Trinajstić information content (AvgIpc) is 3.34. The Bertz CT molecular complexity index is 3100. The van der Waals surface area contributed by atoms with Crippen molar-refractivity contribution in [2.75, 3.05) is 19.6 Å². The van der Waals surface area contributed by atoms with Crippen molar-refractivity contribution in [1.29, 1.82) is 0 Å². The van der Waals surface area contributed by atoms with Gasteiger partial charge in [-0.25, -0.2) is 8.78 Å². The third-order valence-electron chi connectivity index (χ3n) is 19.2. The molecular weight excluding hydrogens is 1050 g/mol. The van der Waals surface area contributed by atoms with Crippen LogP contribution in [0.25, 0.3) is 33.4 Å². The summed E-state index contributed by atoms with van der Waals surface area (Å²) < 4.78 is 35.2. The molecule has 1 heterocycles. The smallest absolute Gasteiger partial charge is 0.303 e. The SMILES string of the molecule is Cc1cc(C(=O)N[C@@H](CCC(=O)O)C(=O)N[C@@H](CCC(=O)O)C(=O)NCCC(=O)NCCCN[C@H]2CC[C@@]3(C)C(=CCC4C3CC[C@@]3(C)C4CC[C@@H]3[C@H](C)CCCC(C)C)C2)ccc1-c1c2cc(F)c(=O)cc-2oc2cc(O)c(F)cc12. The summed E-state index contributed by atoms with van der Waals surface area (Å²) in [5.41, 5.74) is 2.45. The van der Waals surface area contributed by atoms with Gasteiger partial charge < -0.3 is 46.3 Å². The van der Waals surface area contributed by atoms with Crippen LogP contribution >= 0.6 is 0 Å². The summed E-state index contributed by atoms with van der Waals surface area (Å²) in [6, 6.07) is 5.56. The van der Waals surface area contributed by atoms with Crippen molar-refractivity contribution < 1.29 is 57.3 Å². The Labute approximate surface area is 478 Å². The number of carbonyl (C=O) groups is 6. The van der Waals surface area contributed by atoms with Gasteiger partial charge in [0.2, 0.25) is 23.2 Å². The van der Waals surface area contributed by atoms with E-state index in [-0.39, 0.29) is 64.1 Å². The lowest BCUT2D eigenvalue weighted by atomic mass is 9.47. The Kier molecular flexibility index (Phi) is 19.7. The molecule has 2 aromatic carbocycles. The van der Waals surface area contributed by atoms with E-state index in [1.165, 1.54) is 76.0 Å². The second-order valence-electron chi connectivity index (χ2n) is 25.0. The number of nitrogens with one attached hydrogen (secondary N) is 5. The molecule has 1 aliphatic heterocycles. The molecule has 0 spiro atoms. The van der Waals surface area contributed by atoms with Crippen LogP contribution in [0.1, 0.15) is 160 Å². The number of aromatic hydroxyl groups is 1. The van der Waals surface area contributed by atoms with Crippen molar-refractivity contribution in [3.63, 3.8) is 0 Å². The van der Waals surface area contributed by atoms with Crippen LogP contribution in [0.2, 0.25) is 0 Å². The minimum absolute atomic E-state index is 0.0114. The van der Waals surface area contributed by atoms with Crippen molar-refractivity contribution in [3.05, 3.63) is 87.1 Å². The van der Waals surface area contributed by atoms with E-state index in [1.807, 2.05) is 0 Å². The zero-order valence-electron chi connectivity index (χ0n) is 48.3. The van der Waals surface area contributed by atoms with E-state index in [0.29, 0.717) is 35.5 Å². The van der Waals surface area contributed by atoms with Crippen LogP contribution in [0.5, 0.6) is 5.75 Å². The molecule has 444 valence electrons. The Morgan fingerprint density at radius 3 is 2.18 bits per heavy atom. The van der Waals surface area contributed by atoms with E-state index in [2.05, 4.69) is 67.3 Å². The van der Waals surface area contributed by atoms with Crippen LogP contribution in [0.15, 0.2) is 63.3 Å². The van der Waals surface area contributed by atoms with Gasteiger partial charge >= 0.3 is 11.9 Å². The Hall–Kier alpha value is -6.69. The van der Waals surface area contributed by atoms with Gasteiger partial charge in [-0.1, -0.05) is 71.6 Å². The lowest BCUT2D eigenvalue weighted by molar-refractivity contribution is -0.139.